The number of hydrogen-bond donors (Lipinski definition) is 1. The van der Waals surface area contributed by atoms with Crippen LogP contribution in [0, 0.1) is 0 Å². The van der Waals surface area contributed by atoms with Gasteiger partial charge >= 0.3 is 0 Å². The number of benzene rings is 2. The summed E-state index contributed by atoms with van der Waals surface area (Å²) in [5.41, 5.74) is 2.47. The summed E-state index contributed by atoms with van der Waals surface area (Å²) in [7, 11) is -3.37. The molecule has 2 aromatic rings. The third kappa shape index (κ3) is 8.79. The molecule has 1 heterocycles. The van der Waals surface area contributed by atoms with Gasteiger partial charge in [0.25, 0.3) is 0 Å². The van der Waals surface area contributed by atoms with Crippen molar-refractivity contribution in [3.05, 3.63) is 70.7 Å². The third-order valence-corrected chi connectivity index (χ3v) is 10.2. The van der Waals surface area contributed by atoms with E-state index >= 15 is 0 Å². The van der Waals surface area contributed by atoms with Crippen LogP contribution in [0.1, 0.15) is 94.7 Å². The molecule has 210 valence electrons. The van der Waals surface area contributed by atoms with Crippen LogP contribution in [0.4, 0.5) is 0 Å². The van der Waals surface area contributed by atoms with Gasteiger partial charge in [-0.25, -0.2) is 13.1 Å². The van der Waals surface area contributed by atoms with Gasteiger partial charge in [0, 0.05) is 37.2 Å². The third-order valence-electron chi connectivity index (χ3n) is 7.99. The van der Waals surface area contributed by atoms with Gasteiger partial charge in [-0.1, -0.05) is 112 Å². The van der Waals surface area contributed by atoms with Gasteiger partial charge in [-0.2, -0.15) is 0 Å². The van der Waals surface area contributed by atoms with Crippen molar-refractivity contribution in [1.29, 1.82) is 0 Å². The predicted octanol–water partition coefficient (Wildman–Crippen LogP) is 6.99. The number of nitrogens with one attached hydrogen (secondary N) is 1. The Labute approximate surface area is 236 Å². The summed E-state index contributed by atoms with van der Waals surface area (Å²) in [6.45, 7) is 5.41. The Morgan fingerprint density at radius 1 is 0.789 bits per heavy atom. The lowest BCUT2D eigenvalue weighted by atomic mass is 9.96. The quantitative estimate of drug-likeness (QED) is 0.225. The second-order valence-corrected chi connectivity index (χ2v) is 13.4. The normalized spacial score (nSPS) is 18.9. The first kappa shape index (κ1) is 29.5. The van der Waals surface area contributed by atoms with Crippen molar-refractivity contribution in [2.45, 2.75) is 95.0 Å². The molecule has 2 aromatic carbocycles. The molecule has 4 rings (SSSR count). The van der Waals surface area contributed by atoms with Crippen LogP contribution >= 0.6 is 11.6 Å². The second kappa shape index (κ2) is 14.8. The molecule has 2 atom stereocenters. The molecule has 2 aliphatic rings. The highest BCUT2D eigenvalue weighted by molar-refractivity contribution is 7.90. The summed E-state index contributed by atoms with van der Waals surface area (Å²) < 4.78 is 29.9. The van der Waals surface area contributed by atoms with Gasteiger partial charge in [0.2, 0.25) is 10.0 Å². The van der Waals surface area contributed by atoms with Crippen molar-refractivity contribution in [3.8, 4) is 0 Å². The van der Waals surface area contributed by atoms with Crippen LogP contribution in [-0.2, 0) is 10.0 Å². The van der Waals surface area contributed by atoms with E-state index in [1.165, 1.54) is 49.7 Å². The van der Waals surface area contributed by atoms with Crippen LogP contribution < -0.4 is 4.72 Å². The summed E-state index contributed by atoms with van der Waals surface area (Å²) in [4.78, 5) is 4.72. The minimum atomic E-state index is -3.37. The lowest BCUT2D eigenvalue weighted by Gasteiger charge is -2.42. The maximum atomic E-state index is 13.4. The van der Waals surface area contributed by atoms with Gasteiger partial charge in [0.1, 0.15) is 5.37 Å². The molecule has 1 N–H and O–H groups in total. The van der Waals surface area contributed by atoms with Crippen LogP contribution in [0.2, 0.25) is 5.02 Å². The number of halogens is 1. The van der Waals surface area contributed by atoms with Crippen molar-refractivity contribution < 1.29 is 8.42 Å². The van der Waals surface area contributed by atoms with Crippen LogP contribution in [-0.4, -0.2) is 55.8 Å². The van der Waals surface area contributed by atoms with Crippen molar-refractivity contribution in [2.24, 2.45) is 0 Å². The molecule has 2 unspecified atom stereocenters. The molecular formula is C31H46ClN3O2S. The summed E-state index contributed by atoms with van der Waals surface area (Å²) in [5.74, 6) is 0. The Hall–Kier alpha value is -1.44. The van der Waals surface area contributed by atoms with Crippen LogP contribution in [0.15, 0.2) is 54.6 Å². The van der Waals surface area contributed by atoms with Crippen molar-refractivity contribution in [2.75, 3.05) is 26.2 Å². The average Bonchev–Trinajstić information content (AvgIpc) is 3.73. The van der Waals surface area contributed by atoms with Gasteiger partial charge in [-0.15, -0.1) is 0 Å². The maximum absolute atomic E-state index is 13.4. The number of sulfonamides is 1. The fourth-order valence-electron chi connectivity index (χ4n) is 5.68. The highest BCUT2D eigenvalue weighted by atomic mass is 35.5. The van der Waals surface area contributed by atoms with Gasteiger partial charge < -0.3 is 0 Å². The molecule has 38 heavy (non-hydrogen) atoms. The van der Waals surface area contributed by atoms with Crippen molar-refractivity contribution >= 4 is 21.6 Å². The van der Waals surface area contributed by atoms with E-state index in [1.807, 2.05) is 18.2 Å². The molecule has 0 bridgehead atoms. The molecule has 0 amide bonds. The molecule has 1 saturated carbocycles. The summed E-state index contributed by atoms with van der Waals surface area (Å²) >= 11 is 6.19. The minimum Gasteiger partial charge on any atom is -0.290 e. The van der Waals surface area contributed by atoms with Crippen molar-refractivity contribution in [1.82, 2.24) is 14.5 Å². The average molecular weight is 560 g/mol. The number of rotatable bonds is 16. The standard InChI is InChI=1S/C31H46ClN3O2S/c1-2-3-4-5-6-7-8-12-15-30(38(36,37)33-29-20-21-29)34-22-24-35(25-23-34)31(26-13-10-9-11-14-26)27-16-18-28(32)19-17-27/h9-11,13-14,16-19,29-31,33H,2-8,12,15,20-25H2,1H3. The highest BCUT2D eigenvalue weighted by Gasteiger charge is 2.38. The van der Waals surface area contributed by atoms with E-state index in [0.717, 1.165) is 63.3 Å². The summed E-state index contributed by atoms with van der Waals surface area (Å²) in [6, 6.07) is 19.0. The Morgan fingerprint density at radius 3 is 1.95 bits per heavy atom. The Bertz CT molecular complexity index is 1050. The molecule has 2 fully saturated rings. The number of hydrogen-bond acceptors (Lipinski definition) is 4. The molecule has 5 nitrogen and oxygen atoms in total. The Morgan fingerprint density at radius 2 is 1.34 bits per heavy atom. The largest absolute Gasteiger partial charge is 0.290 e. The lowest BCUT2D eigenvalue weighted by Crippen LogP contribution is -2.55. The highest BCUT2D eigenvalue weighted by Crippen LogP contribution is 2.32. The first-order chi connectivity index (χ1) is 18.5. The van der Waals surface area contributed by atoms with E-state index in [4.69, 9.17) is 11.6 Å². The molecule has 1 aliphatic carbocycles. The Balaban J connectivity index is 1.39. The monoisotopic (exact) mass is 559 g/mol. The van der Waals surface area contributed by atoms with Crippen LogP contribution in [0.5, 0.6) is 0 Å². The van der Waals surface area contributed by atoms with E-state index in [9.17, 15) is 8.42 Å². The molecule has 7 heteroatoms. The molecule has 0 spiro atoms. The van der Waals surface area contributed by atoms with E-state index in [1.54, 1.807) is 0 Å². The fraction of sp³-hybridized carbons (Fsp3) is 0.613. The van der Waals surface area contributed by atoms with Gasteiger partial charge in [0.05, 0.1) is 6.04 Å². The van der Waals surface area contributed by atoms with Crippen molar-refractivity contribution in [3.63, 3.8) is 0 Å². The zero-order chi connectivity index (χ0) is 26.8. The van der Waals surface area contributed by atoms with Crippen LogP contribution in [0.25, 0.3) is 0 Å². The van der Waals surface area contributed by atoms with E-state index in [-0.39, 0.29) is 12.1 Å². The number of nitrogens with zero attached hydrogens (tertiary/aromatic N) is 2. The molecule has 1 aliphatic heterocycles. The topological polar surface area (TPSA) is 52.7 Å². The first-order valence-corrected chi connectivity index (χ1v) is 16.7. The van der Waals surface area contributed by atoms with Gasteiger partial charge in [-0.05, 0) is 42.5 Å². The van der Waals surface area contributed by atoms with Gasteiger partial charge in [0.15, 0.2) is 0 Å². The lowest BCUT2D eigenvalue weighted by molar-refractivity contribution is 0.0962. The second-order valence-electron chi connectivity index (χ2n) is 11.1. The zero-order valence-electron chi connectivity index (χ0n) is 23.0. The molecular weight excluding hydrogens is 514 g/mol. The molecule has 0 radical (unpaired) electrons. The van der Waals surface area contributed by atoms with E-state index in [0.29, 0.717) is 0 Å². The SMILES string of the molecule is CCCCCCCCCCC(N1CCN(C(c2ccccc2)c2ccc(Cl)cc2)CC1)S(=O)(=O)NC1CC1. The van der Waals surface area contributed by atoms with E-state index < -0.39 is 15.4 Å². The number of unbranched alkanes of at least 4 members (excludes halogenated alkanes) is 7. The maximum Gasteiger partial charge on any atom is 0.228 e. The number of piperazine rings is 1. The van der Waals surface area contributed by atoms with E-state index in [2.05, 4.69) is 57.8 Å². The molecule has 0 aromatic heterocycles. The smallest absolute Gasteiger partial charge is 0.228 e. The zero-order valence-corrected chi connectivity index (χ0v) is 24.6. The fourth-order valence-corrected chi connectivity index (χ4v) is 7.74. The predicted molar refractivity (Wildman–Crippen MR) is 159 cm³/mol. The summed E-state index contributed by atoms with van der Waals surface area (Å²) in [6.07, 6.45) is 12.4. The molecule has 1 saturated heterocycles. The summed E-state index contributed by atoms with van der Waals surface area (Å²) in [5, 5.41) is 0.304. The van der Waals surface area contributed by atoms with Crippen LogP contribution in [0.3, 0.4) is 0 Å². The van der Waals surface area contributed by atoms with Gasteiger partial charge in [-0.3, -0.25) is 9.80 Å². The Kier molecular flexibility index (Phi) is 11.5. The minimum absolute atomic E-state index is 0.128. The first-order valence-electron chi connectivity index (χ1n) is 14.8.